The maximum atomic E-state index is 13.1. The van der Waals surface area contributed by atoms with Gasteiger partial charge in [-0.1, -0.05) is 6.07 Å². The Hall–Kier alpha value is -3.16. The minimum atomic E-state index is -0.237. The molecule has 2 N–H and O–H groups in total. The number of nitrogens with one attached hydrogen (secondary N) is 2. The first kappa shape index (κ1) is 20.6. The zero-order valence-electron chi connectivity index (χ0n) is 16.6. The van der Waals surface area contributed by atoms with E-state index >= 15 is 0 Å². The first-order valence-corrected chi connectivity index (χ1v) is 9.78. The number of rotatable bonds is 6. The van der Waals surface area contributed by atoms with E-state index in [9.17, 15) is 9.18 Å². The fraction of sp³-hybridized carbons (Fsp3) is 0.381. The fourth-order valence-corrected chi connectivity index (χ4v) is 3.21. The Morgan fingerprint density at radius 3 is 2.52 bits per heavy atom. The molecular weight excluding hydrogens is 371 g/mol. The Labute approximate surface area is 170 Å². The number of hydrogen-bond acceptors (Lipinski definition) is 4. The summed E-state index contributed by atoms with van der Waals surface area (Å²) in [4.78, 5) is 25.0. The molecule has 8 heteroatoms. The van der Waals surface area contributed by atoms with Gasteiger partial charge in [0.15, 0.2) is 5.96 Å². The highest BCUT2D eigenvalue weighted by molar-refractivity contribution is 5.81. The lowest BCUT2D eigenvalue weighted by Gasteiger charge is -2.36. The highest BCUT2D eigenvalue weighted by Crippen LogP contribution is 2.17. The van der Waals surface area contributed by atoms with Crippen LogP contribution in [-0.2, 0) is 11.3 Å². The van der Waals surface area contributed by atoms with Gasteiger partial charge in [-0.2, -0.15) is 0 Å². The number of pyridine rings is 1. The molecule has 3 rings (SSSR count). The van der Waals surface area contributed by atoms with E-state index in [4.69, 9.17) is 0 Å². The number of guanidine groups is 1. The standard InChI is InChI=1S/C21H27FN6O/c1-23-21(26-16-18-4-2-3-10-24-18)25-11-9-20(29)28-14-12-27(13-15-28)19-7-5-17(22)6-8-19/h2-8,10H,9,11-16H2,1H3,(H2,23,25,26). The molecule has 0 aliphatic carbocycles. The van der Waals surface area contributed by atoms with Gasteiger partial charge in [-0.05, 0) is 36.4 Å². The summed E-state index contributed by atoms with van der Waals surface area (Å²) >= 11 is 0. The molecule has 1 saturated heterocycles. The molecule has 1 aliphatic heterocycles. The summed E-state index contributed by atoms with van der Waals surface area (Å²) in [6.07, 6.45) is 2.16. The monoisotopic (exact) mass is 398 g/mol. The Kier molecular flexibility index (Phi) is 7.38. The molecule has 1 aromatic heterocycles. The Balaban J connectivity index is 1.36. The third-order valence-corrected chi connectivity index (χ3v) is 4.84. The zero-order chi connectivity index (χ0) is 20.5. The molecule has 2 heterocycles. The van der Waals surface area contributed by atoms with Crippen LogP contribution in [0.2, 0.25) is 0 Å². The van der Waals surface area contributed by atoms with Crippen molar-refractivity contribution in [2.24, 2.45) is 4.99 Å². The number of aliphatic imine (C=N–C) groups is 1. The zero-order valence-corrected chi connectivity index (χ0v) is 16.6. The number of hydrogen-bond donors (Lipinski definition) is 2. The van der Waals surface area contributed by atoms with E-state index in [1.807, 2.05) is 23.1 Å². The number of aromatic nitrogens is 1. The molecule has 0 spiro atoms. The number of carbonyl (C=O) groups excluding carboxylic acids is 1. The number of amides is 1. The lowest BCUT2D eigenvalue weighted by atomic mass is 10.2. The van der Waals surface area contributed by atoms with E-state index in [2.05, 4.69) is 25.5 Å². The number of anilines is 1. The summed E-state index contributed by atoms with van der Waals surface area (Å²) in [5.74, 6) is 0.528. The van der Waals surface area contributed by atoms with Gasteiger partial charge in [0.05, 0.1) is 12.2 Å². The molecule has 2 aromatic rings. The van der Waals surface area contributed by atoms with Crippen LogP contribution in [-0.4, -0.2) is 61.5 Å². The van der Waals surface area contributed by atoms with Gasteiger partial charge in [0.25, 0.3) is 0 Å². The molecule has 1 aromatic carbocycles. The molecule has 0 bridgehead atoms. The van der Waals surface area contributed by atoms with Crippen molar-refractivity contribution in [3.8, 4) is 0 Å². The summed E-state index contributed by atoms with van der Waals surface area (Å²) < 4.78 is 13.1. The van der Waals surface area contributed by atoms with Gasteiger partial charge in [0.2, 0.25) is 5.91 Å². The van der Waals surface area contributed by atoms with E-state index in [0.717, 1.165) is 24.5 Å². The van der Waals surface area contributed by atoms with Crippen LogP contribution in [0.5, 0.6) is 0 Å². The van der Waals surface area contributed by atoms with Crippen LogP contribution < -0.4 is 15.5 Å². The smallest absolute Gasteiger partial charge is 0.224 e. The van der Waals surface area contributed by atoms with Gasteiger partial charge < -0.3 is 20.4 Å². The summed E-state index contributed by atoms with van der Waals surface area (Å²) in [5, 5.41) is 6.35. The number of piperazine rings is 1. The Morgan fingerprint density at radius 1 is 1.10 bits per heavy atom. The molecular formula is C21H27FN6O. The number of carbonyl (C=O) groups is 1. The highest BCUT2D eigenvalue weighted by atomic mass is 19.1. The minimum Gasteiger partial charge on any atom is -0.368 e. The van der Waals surface area contributed by atoms with Crippen molar-refractivity contribution in [3.63, 3.8) is 0 Å². The molecule has 0 saturated carbocycles. The largest absolute Gasteiger partial charge is 0.368 e. The van der Waals surface area contributed by atoms with E-state index in [-0.39, 0.29) is 11.7 Å². The molecule has 1 fully saturated rings. The van der Waals surface area contributed by atoms with E-state index < -0.39 is 0 Å². The van der Waals surface area contributed by atoms with Gasteiger partial charge >= 0.3 is 0 Å². The maximum Gasteiger partial charge on any atom is 0.224 e. The maximum absolute atomic E-state index is 13.1. The Morgan fingerprint density at radius 2 is 1.86 bits per heavy atom. The Bertz CT molecular complexity index is 804. The van der Waals surface area contributed by atoms with Crippen LogP contribution >= 0.6 is 0 Å². The lowest BCUT2D eigenvalue weighted by Crippen LogP contribution is -2.49. The second-order valence-corrected chi connectivity index (χ2v) is 6.77. The summed E-state index contributed by atoms with van der Waals surface area (Å²) in [6, 6.07) is 12.2. The molecule has 1 aliphatic rings. The van der Waals surface area contributed by atoms with Crippen LogP contribution in [0.15, 0.2) is 53.7 Å². The number of halogens is 1. The van der Waals surface area contributed by atoms with Crippen molar-refractivity contribution < 1.29 is 9.18 Å². The topological polar surface area (TPSA) is 72.9 Å². The predicted octanol–water partition coefficient (Wildman–Crippen LogP) is 1.62. The van der Waals surface area contributed by atoms with Crippen LogP contribution in [0, 0.1) is 5.82 Å². The molecule has 154 valence electrons. The molecule has 29 heavy (non-hydrogen) atoms. The van der Waals surface area contributed by atoms with Gasteiger partial charge in [-0.25, -0.2) is 4.39 Å². The van der Waals surface area contributed by atoms with Crippen molar-refractivity contribution >= 4 is 17.6 Å². The van der Waals surface area contributed by atoms with Crippen LogP contribution in [0.4, 0.5) is 10.1 Å². The summed E-state index contributed by atoms with van der Waals surface area (Å²) in [5.41, 5.74) is 1.91. The fourth-order valence-electron chi connectivity index (χ4n) is 3.21. The first-order valence-electron chi connectivity index (χ1n) is 9.78. The normalized spacial score (nSPS) is 14.6. The third-order valence-electron chi connectivity index (χ3n) is 4.84. The van der Waals surface area contributed by atoms with Crippen molar-refractivity contribution in [1.29, 1.82) is 0 Å². The highest BCUT2D eigenvalue weighted by Gasteiger charge is 2.21. The molecule has 0 unspecified atom stereocenters. The van der Waals surface area contributed by atoms with Gasteiger partial charge in [0.1, 0.15) is 5.82 Å². The van der Waals surface area contributed by atoms with E-state index in [1.165, 1.54) is 12.1 Å². The number of nitrogens with zero attached hydrogens (tertiary/aromatic N) is 4. The predicted molar refractivity (Wildman–Crippen MR) is 112 cm³/mol. The van der Waals surface area contributed by atoms with Crippen molar-refractivity contribution in [2.45, 2.75) is 13.0 Å². The van der Waals surface area contributed by atoms with Gasteiger partial charge in [-0.3, -0.25) is 14.8 Å². The SMILES string of the molecule is CN=C(NCCC(=O)N1CCN(c2ccc(F)cc2)CC1)NCc1ccccn1. The van der Waals surface area contributed by atoms with Crippen molar-refractivity contribution in [3.05, 3.63) is 60.2 Å². The molecule has 1 amide bonds. The van der Waals surface area contributed by atoms with Gasteiger partial charge in [-0.15, -0.1) is 0 Å². The second kappa shape index (κ2) is 10.4. The quantitative estimate of drug-likeness (QED) is 0.572. The molecule has 0 atom stereocenters. The van der Waals surface area contributed by atoms with Crippen LogP contribution in [0.1, 0.15) is 12.1 Å². The third kappa shape index (κ3) is 6.17. The summed E-state index contributed by atoms with van der Waals surface area (Å²) in [7, 11) is 1.70. The second-order valence-electron chi connectivity index (χ2n) is 6.77. The first-order chi connectivity index (χ1) is 14.2. The average molecular weight is 398 g/mol. The van der Waals surface area contributed by atoms with Crippen molar-refractivity contribution in [2.75, 3.05) is 44.7 Å². The van der Waals surface area contributed by atoms with E-state index in [0.29, 0.717) is 38.6 Å². The minimum absolute atomic E-state index is 0.122. The average Bonchev–Trinajstić information content (AvgIpc) is 2.77. The molecule has 0 radical (unpaired) electrons. The lowest BCUT2D eigenvalue weighted by molar-refractivity contribution is -0.131. The van der Waals surface area contributed by atoms with Crippen molar-refractivity contribution in [1.82, 2.24) is 20.5 Å². The molecule has 7 nitrogen and oxygen atoms in total. The van der Waals surface area contributed by atoms with Crippen LogP contribution in [0.25, 0.3) is 0 Å². The van der Waals surface area contributed by atoms with E-state index in [1.54, 1.807) is 25.4 Å². The van der Waals surface area contributed by atoms with Gasteiger partial charge in [0, 0.05) is 58.1 Å². The summed E-state index contributed by atoms with van der Waals surface area (Å²) in [6.45, 7) is 3.92. The number of benzene rings is 1. The van der Waals surface area contributed by atoms with Crippen LogP contribution in [0.3, 0.4) is 0 Å².